The maximum absolute atomic E-state index is 12.9. The van der Waals surface area contributed by atoms with Gasteiger partial charge in [0.25, 0.3) is 0 Å². The number of amides is 1. The van der Waals surface area contributed by atoms with Gasteiger partial charge < -0.3 is 9.47 Å². The van der Waals surface area contributed by atoms with Gasteiger partial charge in [0, 0.05) is 56.7 Å². The molecule has 0 aliphatic carbocycles. The topological polar surface area (TPSA) is 52.5 Å². The molecule has 4 rings (SSSR count). The lowest BCUT2D eigenvalue weighted by atomic mass is 10.0. The van der Waals surface area contributed by atoms with Crippen LogP contribution < -0.4 is 10.9 Å². The van der Waals surface area contributed by atoms with Crippen LogP contribution in [0.4, 0.5) is 0 Å². The number of hydrazine groups is 1. The van der Waals surface area contributed by atoms with Gasteiger partial charge in [-0.1, -0.05) is 30.3 Å². The molecule has 6 heteroatoms. The first-order valence-electron chi connectivity index (χ1n) is 10.3. The quantitative estimate of drug-likeness (QED) is 0.830. The highest BCUT2D eigenvalue weighted by atomic mass is 16.2. The second kappa shape index (κ2) is 8.47. The normalized spacial score (nSPS) is 23.3. The number of piperazine rings is 1. The molecule has 0 radical (unpaired) electrons. The van der Waals surface area contributed by atoms with E-state index in [4.69, 9.17) is 0 Å². The summed E-state index contributed by atoms with van der Waals surface area (Å²) in [5.41, 5.74) is 10.4. The van der Waals surface area contributed by atoms with Crippen molar-refractivity contribution in [1.82, 2.24) is 25.2 Å². The Labute approximate surface area is 167 Å². The summed E-state index contributed by atoms with van der Waals surface area (Å²) in [4.78, 5) is 17.4. The van der Waals surface area contributed by atoms with Crippen molar-refractivity contribution in [1.29, 1.82) is 0 Å². The zero-order chi connectivity index (χ0) is 19.5. The smallest absolute Gasteiger partial charge is 0.241 e. The van der Waals surface area contributed by atoms with Crippen LogP contribution in [-0.2, 0) is 11.3 Å². The second-order valence-electron chi connectivity index (χ2n) is 7.97. The Balaban J connectivity index is 1.24. The van der Waals surface area contributed by atoms with Gasteiger partial charge in [-0.2, -0.15) is 0 Å². The van der Waals surface area contributed by atoms with Crippen LogP contribution >= 0.6 is 0 Å². The van der Waals surface area contributed by atoms with Crippen molar-refractivity contribution < 1.29 is 4.79 Å². The fraction of sp³-hybridized carbons (Fsp3) is 0.500. The molecule has 1 amide bonds. The molecule has 2 aromatic rings. The Morgan fingerprint density at radius 1 is 0.929 bits per heavy atom. The van der Waals surface area contributed by atoms with Gasteiger partial charge in [-0.3, -0.25) is 9.69 Å². The van der Waals surface area contributed by atoms with E-state index in [1.807, 2.05) is 23.1 Å². The van der Waals surface area contributed by atoms with Crippen molar-refractivity contribution in [3.05, 3.63) is 59.4 Å². The maximum Gasteiger partial charge on any atom is 0.241 e. The number of nitrogens with zero attached hydrogens (tertiary/aromatic N) is 3. The summed E-state index contributed by atoms with van der Waals surface area (Å²) >= 11 is 0. The Morgan fingerprint density at radius 3 is 2.29 bits per heavy atom. The lowest BCUT2D eigenvalue weighted by molar-refractivity contribution is -0.135. The van der Waals surface area contributed by atoms with Crippen LogP contribution in [0.3, 0.4) is 0 Å². The van der Waals surface area contributed by atoms with Crippen LogP contribution in [0.2, 0.25) is 0 Å². The van der Waals surface area contributed by atoms with Crippen LogP contribution in [-0.4, -0.2) is 59.0 Å². The summed E-state index contributed by atoms with van der Waals surface area (Å²) in [5, 5.41) is 0. The van der Waals surface area contributed by atoms with Gasteiger partial charge in [-0.05, 0) is 38.0 Å². The van der Waals surface area contributed by atoms with Crippen molar-refractivity contribution in [3.63, 3.8) is 0 Å². The summed E-state index contributed by atoms with van der Waals surface area (Å²) in [5.74, 6) is 0.225. The van der Waals surface area contributed by atoms with E-state index >= 15 is 0 Å². The first kappa shape index (κ1) is 19.2. The van der Waals surface area contributed by atoms with Crippen LogP contribution in [0.25, 0.3) is 0 Å². The minimum absolute atomic E-state index is 0.137. The number of rotatable bonds is 5. The molecule has 28 heavy (non-hydrogen) atoms. The number of carbonyl (C=O) groups excluding carboxylic acids is 1. The standard InChI is InChI=1S/C22H31N5O/c1-17-8-9-18(2)27(17)15-12-25-10-13-26(14-11-25)22(28)21-16-20(23-24-21)19-6-4-3-5-7-19/h3-9,20-21,23-24H,10-16H2,1-2H3. The molecule has 0 bridgehead atoms. The van der Waals surface area contributed by atoms with Crippen LogP contribution in [0.15, 0.2) is 42.5 Å². The molecule has 3 heterocycles. The maximum atomic E-state index is 12.9. The SMILES string of the molecule is Cc1ccc(C)n1CCN1CCN(C(=O)C2CC(c3ccccc3)NN2)CC1. The molecule has 2 aliphatic heterocycles. The van der Waals surface area contributed by atoms with Gasteiger partial charge in [0.05, 0.1) is 0 Å². The van der Waals surface area contributed by atoms with Gasteiger partial charge >= 0.3 is 0 Å². The van der Waals surface area contributed by atoms with E-state index in [2.05, 4.69) is 58.4 Å². The molecule has 6 nitrogen and oxygen atoms in total. The summed E-state index contributed by atoms with van der Waals surface area (Å²) < 4.78 is 2.37. The summed E-state index contributed by atoms with van der Waals surface area (Å²) in [7, 11) is 0. The molecule has 2 saturated heterocycles. The molecular weight excluding hydrogens is 350 g/mol. The third-order valence-corrected chi connectivity index (χ3v) is 6.14. The largest absolute Gasteiger partial charge is 0.348 e. The van der Waals surface area contributed by atoms with Crippen molar-refractivity contribution >= 4 is 5.91 Å². The van der Waals surface area contributed by atoms with Crippen LogP contribution in [0, 0.1) is 13.8 Å². The van der Waals surface area contributed by atoms with Gasteiger partial charge in [-0.25, -0.2) is 10.9 Å². The van der Waals surface area contributed by atoms with Crippen molar-refractivity contribution in [2.24, 2.45) is 0 Å². The zero-order valence-electron chi connectivity index (χ0n) is 16.9. The number of nitrogens with one attached hydrogen (secondary N) is 2. The predicted molar refractivity (Wildman–Crippen MR) is 111 cm³/mol. The first-order valence-corrected chi connectivity index (χ1v) is 10.3. The van der Waals surface area contributed by atoms with Gasteiger partial charge in [0.1, 0.15) is 6.04 Å². The Morgan fingerprint density at radius 2 is 1.61 bits per heavy atom. The van der Waals surface area contributed by atoms with E-state index in [0.29, 0.717) is 0 Å². The molecule has 1 aromatic heterocycles. The van der Waals surface area contributed by atoms with Crippen molar-refractivity contribution in [2.45, 2.75) is 38.9 Å². The van der Waals surface area contributed by atoms with Crippen molar-refractivity contribution in [3.8, 4) is 0 Å². The monoisotopic (exact) mass is 381 g/mol. The molecular formula is C22H31N5O. The van der Waals surface area contributed by atoms with E-state index in [-0.39, 0.29) is 18.0 Å². The van der Waals surface area contributed by atoms with E-state index in [9.17, 15) is 4.79 Å². The Bertz CT molecular complexity index is 775. The molecule has 0 saturated carbocycles. The minimum Gasteiger partial charge on any atom is -0.348 e. The number of aromatic nitrogens is 1. The second-order valence-corrected chi connectivity index (χ2v) is 7.97. The summed E-state index contributed by atoms with van der Waals surface area (Å²) in [6.45, 7) is 9.92. The summed E-state index contributed by atoms with van der Waals surface area (Å²) in [6.07, 6.45) is 0.801. The van der Waals surface area contributed by atoms with Crippen molar-refractivity contribution in [2.75, 3.05) is 32.7 Å². The number of carbonyl (C=O) groups is 1. The van der Waals surface area contributed by atoms with Gasteiger partial charge in [0.15, 0.2) is 0 Å². The zero-order valence-corrected chi connectivity index (χ0v) is 16.9. The molecule has 2 fully saturated rings. The number of hydrogen-bond donors (Lipinski definition) is 2. The van der Waals surface area contributed by atoms with Gasteiger partial charge in [0.2, 0.25) is 5.91 Å². The Kier molecular flexibility index (Phi) is 5.80. The molecule has 1 aromatic carbocycles. The molecule has 2 N–H and O–H groups in total. The van der Waals surface area contributed by atoms with E-state index < -0.39 is 0 Å². The summed E-state index contributed by atoms with van der Waals surface area (Å²) in [6, 6.07) is 14.7. The predicted octanol–water partition coefficient (Wildman–Crippen LogP) is 1.86. The number of hydrogen-bond acceptors (Lipinski definition) is 4. The van der Waals surface area contributed by atoms with E-state index in [1.54, 1.807) is 0 Å². The highest BCUT2D eigenvalue weighted by molar-refractivity contribution is 5.82. The fourth-order valence-electron chi connectivity index (χ4n) is 4.33. The lowest BCUT2D eigenvalue weighted by Gasteiger charge is -2.36. The number of benzene rings is 1. The lowest BCUT2D eigenvalue weighted by Crippen LogP contribution is -2.54. The van der Waals surface area contributed by atoms with Crippen LogP contribution in [0.5, 0.6) is 0 Å². The van der Waals surface area contributed by atoms with E-state index in [1.165, 1.54) is 17.0 Å². The van der Waals surface area contributed by atoms with Crippen LogP contribution in [0.1, 0.15) is 29.4 Å². The molecule has 2 atom stereocenters. The third kappa shape index (κ3) is 4.14. The number of aryl methyl sites for hydroxylation is 2. The average Bonchev–Trinajstić information content (AvgIpc) is 3.34. The molecule has 0 spiro atoms. The first-order chi connectivity index (χ1) is 13.6. The third-order valence-electron chi connectivity index (χ3n) is 6.14. The highest BCUT2D eigenvalue weighted by Gasteiger charge is 2.33. The average molecular weight is 382 g/mol. The molecule has 150 valence electrons. The highest BCUT2D eigenvalue weighted by Crippen LogP contribution is 2.23. The minimum atomic E-state index is -0.137. The molecule has 2 aliphatic rings. The fourth-order valence-corrected chi connectivity index (χ4v) is 4.33. The van der Waals surface area contributed by atoms with Gasteiger partial charge in [-0.15, -0.1) is 0 Å². The Hall–Kier alpha value is -2.15. The molecule has 2 unspecified atom stereocenters. The van der Waals surface area contributed by atoms with E-state index in [0.717, 1.165) is 45.7 Å².